The first-order valence-corrected chi connectivity index (χ1v) is 3.42. The molecular weight excluding hydrogens is 136 g/mol. The Bertz CT molecular complexity index is 162. The molecular formula is C6H6O2S. The van der Waals surface area contributed by atoms with E-state index in [1.165, 1.54) is 11.8 Å². The van der Waals surface area contributed by atoms with Crippen LogP contribution in [0.1, 0.15) is 0 Å². The van der Waals surface area contributed by atoms with E-state index in [4.69, 9.17) is 4.74 Å². The first-order valence-electron chi connectivity index (χ1n) is 2.48. The first kappa shape index (κ1) is 6.42. The van der Waals surface area contributed by atoms with Crippen molar-refractivity contribution < 1.29 is 9.53 Å². The van der Waals surface area contributed by atoms with Crippen LogP contribution in [0.5, 0.6) is 0 Å². The van der Waals surface area contributed by atoms with Crippen LogP contribution >= 0.6 is 11.8 Å². The molecule has 0 saturated heterocycles. The first-order chi connectivity index (χ1) is 4.33. The molecule has 0 amide bonds. The van der Waals surface area contributed by atoms with Crippen molar-refractivity contribution in [2.45, 2.75) is 5.44 Å². The summed E-state index contributed by atoms with van der Waals surface area (Å²) in [7, 11) is 0. The Kier molecular flexibility index (Phi) is 1.95. The molecule has 1 aliphatic rings. The molecule has 1 heterocycles. The third-order valence-electron chi connectivity index (χ3n) is 0.847. The van der Waals surface area contributed by atoms with Crippen molar-refractivity contribution >= 4 is 17.7 Å². The van der Waals surface area contributed by atoms with Crippen molar-refractivity contribution in [3.63, 3.8) is 0 Å². The van der Waals surface area contributed by atoms with E-state index < -0.39 is 0 Å². The van der Waals surface area contributed by atoms with Crippen LogP contribution in [0, 0.1) is 0 Å². The number of carbonyl (C=O) groups is 1. The normalized spacial score (nSPS) is 22.4. The van der Waals surface area contributed by atoms with Gasteiger partial charge in [0.15, 0.2) is 5.44 Å². The van der Waals surface area contributed by atoms with Gasteiger partial charge in [-0.15, -0.1) is 0 Å². The molecule has 1 rings (SSSR count). The van der Waals surface area contributed by atoms with Gasteiger partial charge in [0.25, 0.3) is 0 Å². The molecule has 3 heteroatoms. The maximum Gasteiger partial charge on any atom is 0.331 e. The maximum atomic E-state index is 10.4. The lowest BCUT2D eigenvalue weighted by Gasteiger charge is -2.15. The Morgan fingerprint density at radius 3 is 2.89 bits per heavy atom. The highest BCUT2D eigenvalue weighted by Crippen LogP contribution is 2.24. The second kappa shape index (κ2) is 2.73. The van der Waals surface area contributed by atoms with Crippen molar-refractivity contribution in [1.29, 1.82) is 0 Å². The van der Waals surface area contributed by atoms with Gasteiger partial charge in [-0.1, -0.05) is 18.3 Å². The second-order valence-corrected chi connectivity index (χ2v) is 2.48. The minimum atomic E-state index is -0.364. The van der Waals surface area contributed by atoms with Crippen molar-refractivity contribution in [3.8, 4) is 0 Å². The smallest absolute Gasteiger partial charge is 0.331 e. The minimum absolute atomic E-state index is 0.0736. The molecule has 48 valence electrons. The molecule has 0 aromatic heterocycles. The molecule has 2 nitrogen and oxygen atoms in total. The lowest BCUT2D eigenvalue weighted by molar-refractivity contribution is -0.137. The molecule has 0 spiro atoms. The Morgan fingerprint density at radius 1 is 1.89 bits per heavy atom. The lowest BCUT2D eigenvalue weighted by atomic mass is 10.6. The second-order valence-electron chi connectivity index (χ2n) is 1.47. The van der Waals surface area contributed by atoms with E-state index >= 15 is 0 Å². The predicted molar refractivity (Wildman–Crippen MR) is 36.8 cm³/mol. The van der Waals surface area contributed by atoms with Crippen LogP contribution in [-0.4, -0.2) is 11.4 Å². The van der Waals surface area contributed by atoms with E-state index in [9.17, 15) is 4.79 Å². The molecule has 0 aliphatic carbocycles. The molecule has 9 heavy (non-hydrogen) atoms. The van der Waals surface area contributed by atoms with Crippen LogP contribution in [-0.2, 0) is 9.53 Å². The maximum absolute atomic E-state index is 10.4. The summed E-state index contributed by atoms with van der Waals surface area (Å²) in [5, 5.41) is 1.88. The van der Waals surface area contributed by atoms with Crippen molar-refractivity contribution in [2.24, 2.45) is 0 Å². The lowest BCUT2D eigenvalue weighted by Crippen LogP contribution is -2.13. The number of rotatable bonds is 2. The highest BCUT2D eigenvalue weighted by atomic mass is 32.2. The molecule has 0 aromatic rings. The van der Waals surface area contributed by atoms with Gasteiger partial charge in [0.1, 0.15) is 0 Å². The molecule has 0 saturated carbocycles. The molecule has 0 N–H and O–H groups in total. The summed E-state index contributed by atoms with van der Waals surface area (Å²) in [6.07, 6.45) is 2.97. The van der Waals surface area contributed by atoms with E-state index in [0.29, 0.717) is 0 Å². The molecule has 0 aromatic carbocycles. The van der Waals surface area contributed by atoms with E-state index in [2.05, 4.69) is 6.58 Å². The standard InChI is InChI=1S/C6H6O2S/c1-2-5(7)8-6-3-4-9-6/h2-4,6H,1H2. The molecule has 1 unspecified atom stereocenters. The zero-order chi connectivity index (χ0) is 6.69. The van der Waals surface area contributed by atoms with E-state index in [-0.39, 0.29) is 11.4 Å². The van der Waals surface area contributed by atoms with Crippen LogP contribution in [0.4, 0.5) is 0 Å². The number of thioether (sulfide) groups is 1. The van der Waals surface area contributed by atoms with Crippen LogP contribution in [0.3, 0.4) is 0 Å². The zero-order valence-electron chi connectivity index (χ0n) is 4.74. The third-order valence-corrected chi connectivity index (χ3v) is 1.68. The van der Waals surface area contributed by atoms with Gasteiger partial charge < -0.3 is 4.74 Å². The summed E-state index contributed by atoms with van der Waals surface area (Å²) in [6, 6.07) is 0. The average Bonchev–Trinajstić information content (AvgIpc) is 1.78. The number of hydrogen-bond donors (Lipinski definition) is 0. The fourth-order valence-electron chi connectivity index (χ4n) is 0.372. The van der Waals surface area contributed by atoms with Gasteiger partial charge in [0.2, 0.25) is 0 Å². The van der Waals surface area contributed by atoms with E-state index in [0.717, 1.165) is 6.08 Å². The van der Waals surface area contributed by atoms with Gasteiger partial charge in [0.05, 0.1) is 0 Å². The van der Waals surface area contributed by atoms with Crippen LogP contribution < -0.4 is 0 Å². The van der Waals surface area contributed by atoms with Crippen LogP contribution in [0.25, 0.3) is 0 Å². The fraction of sp³-hybridized carbons (Fsp3) is 0.167. The predicted octanol–water partition coefficient (Wildman–Crippen LogP) is 1.30. The topological polar surface area (TPSA) is 26.3 Å². The van der Waals surface area contributed by atoms with Crippen molar-refractivity contribution in [2.75, 3.05) is 0 Å². The monoisotopic (exact) mass is 142 g/mol. The van der Waals surface area contributed by atoms with E-state index in [1.807, 2.05) is 11.5 Å². The Morgan fingerprint density at radius 2 is 2.56 bits per heavy atom. The highest BCUT2D eigenvalue weighted by molar-refractivity contribution is 8.04. The highest BCUT2D eigenvalue weighted by Gasteiger charge is 2.13. The van der Waals surface area contributed by atoms with Gasteiger partial charge in [0, 0.05) is 6.08 Å². The Balaban J connectivity index is 2.25. The summed E-state index contributed by atoms with van der Waals surface area (Å²) in [6.45, 7) is 3.26. The fourth-order valence-corrected chi connectivity index (χ4v) is 0.808. The molecule has 0 radical (unpaired) electrons. The molecule has 0 bridgehead atoms. The molecule has 0 fully saturated rings. The summed E-state index contributed by atoms with van der Waals surface area (Å²) in [4.78, 5) is 10.4. The minimum Gasteiger partial charge on any atom is -0.443 e. The SMILES string of the molecule is C=CC(=O)OC1C=CS1. The quantitative estimate of drug-likeness (QED) is 0.429. The van der Waals surface area contributed by atoms with E-state index in [1.54, 1.807) is 0 Å². The van der Waals surface area contributed by atoms with Crippen LogP contribution in [0.2, 0.25) is 0 Å². The molecule has 1 atom stereocenters. The van der Waals surface area contributed by atoms with Gasteiger partial charge >= 0.3 is 5.97 Å². The summed E-state index contributed by atoms with van der Waals surface area (Å²) >= 11 is 1.48. The van der Waals surface area contributed by atoms with Crippen LogP contribution in [0.15, 0.2) is 24.1 Å². The third kappa shape index (κ3) is 1.61. The Labute approximate surface area is 57.6 Å². The number of ether oxygens (including phenoxy) is 1. The average molecular weight is 142 g/mol. The summed E-state index contributed by atoms with van der Waals surface area (Å²) in [5.41, 5.74) is -0.0736. The van der Waals surface area contributed by atoms with Gasteiger partial charge in [-0.05, 0) is 11.5 Å². The van der Waals surface area contributed by atoms with Gasteiger partial charge in [-0.2, -0.15) is 0 Å². The van der Waals surface area contributed by atoms with Gasteiger partial charge in [-0.3, -0.25) is 0 Å². The number of hydrogen-bond acceptors (Lipinski definition) is 3. The Hall–Kier alpha value is -0.700. The summed E-state index contributed by atoms with van der Waals surface area (Å²) < 4.78 is 4.75. The zero-order valence-corrected chi connectivity index (χ0v) is 5.56. The number of carbonyl (C=O) groups excluding carboxylic acids is 1. The van der Waals surface area contributed by atoms with Gasteiger partial charge in [-0.25, -0.2) is 4.79 Å². The van der Waals surface area contributed by atoms with Crippen molar-refractivity contribution in [3.05, 3.63) is 24.1 Å². The largest absolute Gasteiger partial charge is 0.443 e. The number of esters is 1. The molecule has 1 aliphatic heterocycles. The summed E-state index contributed by atoms with van der Waals surface area (Å²) in [5.74, 6) is -0.364. The van der Waals surface area contributed by atoms with Crippen molar-refractivity contribution in [1.82, 2.24) is 0 Å².